The maximum atomic E-state index is 12.0. The zero-order valence-electron chi connectivity index (χ0n) is 6.67. The van der Waals surface area contributed by atoms with Crippen molar-refractivity contribution in [3.63, 3.8) is 0 Å². The van der Waals surface area contributed by atoms with Crippen LogP contribution in [0.1, 0.15) is 0 Å². The van der Waals surface area contributed by atoms with Crippen LogP contribution in [0.3, 0.4) is 0 Å². The van der Waals surface area contributed by atoms with Crippen molar-refractivity contribution >= 4 is 17.7 Å². The molecule has 13 heavy (non-hydrogen) atoms. The number of hydrogen-bond donors (Lipinski definition) is 2. The topological polar surface area (TPSA) is 63.3 Å². The number of halogens is 3. The summed E-state index contributed by atoms with van der Waals surface area (Å²) < 4.78 is 35.9. The number of alkyl halides is 3. The van der Waals surface area contributed by atoms with Gasteiger partial charge in [0, 0.05) is 18.1 Å². The van der Waals surface area contributed by atoms with Crippen LogP contribution in [0.4, 0.5) is 13.2 Å². The van der Waals surface area contributed by atoms with E-state index in [1.807, 2.05) is 0 Å². The summed E-state index contributed by atoms with van der Waals surface area (Å²) in [4.78, 5) is 10.2. The molecule has 0 saturated carbocycles. The standard InChI is InChI=1S/C6H10F3NO2S/c7-6(8,9)4(5(11)12)3-13-2-1-10/h4H,1-3,10H2,(H,11,12). The van der Waals surface area contributed by atoms with E-state index in [4.69, 9.17) is 10.8 Å². The van der Waals surface area contributed by atoms with Crippen molar-refractivity contribution in [3.05, 3.63) is 0 Å². The fraction of sp³-hybridized carbons (Fsp3) is 0.833. The van der Waals surface area contributed by atoms with E-state index in [-0.39, 0.29) is 6.54 Å². The molecule has 0 aromatic rings. The molecule has 0 aromatic heterocycles. The molecule has 0 aromatic carbocycles. The lowest BCUT2D eigenvalue weighted by atomic mass is 10.2. The van der Waals surface area contributed by atoms with Gasteiger partial charge in [-0.15, -0.1) is 0 Å². The summed E-state index contributed by atoms with van der Waals surface area (Å²) >= 11 is 0.891. The first-order chi connectivity index (χ1) is 5.89. The van der Waals surface area contributed by atoms with Gasteiger partial charge in [-0.05, 0) is 0 Å². The monoisotopic (exact) mass is 217 g/mol. The first-order valence-corrected chi connectivity index (χ1v) is 4.62. The second-order valence-electron chi connectivity index (χ2n) is 2.30. The van der Waals surface area contributed by atoms with Gasteiger partial charge in [0.1, 0.15) is 0 Å². The number of nitrogens with two attached hydrogens (primary N) is 1. The fourth-order valence-corrected chi connectivity index (χ4v) is 1.49. The Morgan fingerprint density at radius 2 is 2.08 bits per heavy atom. The van der Waals surface area contributed by atoms with Crippen LogP contribution in [-0.2, 0) is 4.79 Å². The second-order valence-corrected chi connectivity index (χ2v) is 3.45. The Hall–Kier alpha value is -0.430. The van der Waals surface area contributed by atoms with Gasteiger partial charge in [-0.2, -0.15) is 24.9 Å². The normalized spacial score (nSPS) is 14.2. The molecular formula is C6H10F3NO2S. The van der Waals surface area contributed by atoms with E-state index in [0.29, 0.717) is 5.75 Å². The van der Waals surface area contributed by atoms with Crippen LogP contribution < -0.4 is 5.73 Å². The van der Waals surface area contributed by atoms with Gasteiger partial charge in [0.15, 0.2) is 5.92 Å². The van der Waals surface area contributed by atoms with Crippen LogP contribution >= 0.6 is 11.8 Å². The summed E-state index contributed by atoms with van der Waals surface area (Å²) in [5.74, 6) is -4.27. The van der Waals surface area contributed by atoms with Crippen LogP contribution in [0, 0.1) is 5.92 Å². The lowest BCUT2D eigenvalue weighted by Crippen LogP contribution is -2.32. The van der Waals surface area contributed by atoms with Gasteiger partial charge >= 0.3 is 12.1 Å². The van der Waals surface area contributed by atoms with Crippen LogP contribution in [0.2, 0.25) is 0 Å². The molecule has 0 spiro atoms. The molecule has 3 nitrogen and oxygen atoms in total. The molecule has 0 aliphatic rings. The zero-order chi connectivity index (χ0) is 10.5. The SMILES string of the molecule is NCCSCC(C(=O)O)C(F)(F)F. The van der Waals surface area contributed by atoms with E-state index in [1.54, 1.807) is 0 Å². The van der Waals surface area contributed by atoms with Crippen molar-refractivity contribution in [1.29, 1.82) is 0 Å². The van der Waals surface area contributed by atoms with Gasteiger partial charge < -0.3 is 10.8 Å². The fourth-order valence-electron chi connectivity index (χ4n) is 0.590. The van der Waals surface area contributed by atoms with Crippen LogP contribution in [0.5, 0.6) is 0 Å². The second kappa shape index (κ2) is 5.33. The lowest BCUT2D eigenvalue weighted by Gasteiger charge is -2.14. The summed E-state index contributed by atoms with van der Waals surface area (Å²) in [5.41, 5.74) is 5.05. The quantitative estimate of drug-likeness (QED) is 0.673. The molecule has 0 fully saturated rings. The Kier molecular flexibility index (Phi) is 5.16. The minimum Gasteiger partial charge on any atom is -0.481 e. The van der Waals surface area contributed by atoms with Crippen molar-refractivity contribution in [2.75, 3.05) is 18.1 Å². The van der Waals surface area contributed by atoms with Crippen LogP contribution in [0.15, 0.2) is 0 Å². The number of carboxylic acids is 1. The van der Waals surface area contributed by atoms with Gasteiger partial charge in [0.25, 0.3) is 0 Å². The highest BCUT2D eigenvalue weighted by Crippen LogP contribution is 2.29. The molecule has 0 saturated heterocycles. The minimum atomic E-state index is -4.67. The summed E-state index contributed by atoms with van der Waals surface area (Å²) in [7, 11) is 0. The van der Waals surface area contributed by atoms with E-state index < -0.39 is 23.8 Å². The molecule has 1 atom stereocenters. The zero-order valence-corrected chi connectivity index (χ0v) is 7.49. The van der Waals surface area contributed by atoms with E-state index in [1.165, 1.54) is 0 Å². The van der Waals surface area contributed by atoms with E-state index >= 15 is 0 Å². The minimum absolute atomic E-state index is 0.245. The average molecular weight is 217 g/mol. The number of carbonyl (C=O) groups is 1. The smallest absolute Gasteiger partial charge is 0.403 e. The third-order valence-electron chi connectivity index (χ3n) is 1.24. The van der Waals surface area contributed by atoms with Crippen molar-refractivity contribution in [1.82, 2.24) is 0 Å². The van der Waals surface area contributed by atoms with Crippen LogP contribution in [0.25, 0.3) is 0 Å². The molecule has 0 radical (unpaired) electrons. The van der Waals surface area contributed by atoms with Crippen molar-refractivity contribution in [3.8, 4) is 0 Å². The predicted octanol–water partition coefficient (Wildman–Crippen LogP) is 0.941. The van der Waals surface area contributed by atoms with E-state index in [0.717, 1.165) is 11.8 Å². The Morgan fingerprint density at radius 3 is 2.38 bits per heavy atom. The molecule has 1 unspecified atom stereocenters. The van der Waals surface area contributed by atoms with Gasteiger partial charge in [-0.25, -0.2) is 0 Å². The number of carboxylic acid groups (broad SMARTS) is 1. The summed E-state index contributed by atoms with van der Waals surface area (Å²) in [5, 5.41) is 8.24. The highest BCUT2D eigenvalue weighted by molar-refractivity contribution is 7.99. The molecule has 78 valence electrons. The molecule has 7 heteroatoms. The maximum absolute atomic E-state index is 12.0. The Labute approximate surface area is 77.5 Å². The van der Waals surface area contributed by atoms with E-state index in [2.05, 4.69) is 0 Å². The highest BCUT2D eigenvalue weighted by Gasteiger charge is 2.44. The Balaban J connectivity index is 4.04. The van der Waals surface area contributed by atoms with Crippen LogP contribution in [-0.4, -0.2) is 35.3 Å². The average Bonchev–Trinajstić information content (AvgIpc) is 1.94. The van der Waals surface area contributed by atoms with Crippen molar-refractivity contribution in [2.24, 2.45) is 11.7 Å². The molecule has 0 amide bonds. The highest BCUT2D eigenvalue weighted by atomic mass is 32.2. The largest absolute Gasteiger partial charge is 0.481 e. The first-order valence-electron chi connectivity index (χ1n) is 3.47. The summed E-state index contributed by atoms with van der Waals surface area (Å²) in [6.45, 7) is 0.245. The molecule has 0 aliphatic heterocycles. The van der Waals surface area contributed by atoms with Gasteiger partial charge in [0.05, 0.1) is 0 Å². The van der Waals surface area contributed by atoms with Crippen molar-refractivity contribution in [2.45, 2.75) is 6.18 Å². The lowest BCUT2D eigenvalue weighted by molar-refractivity contribution is -0.188. The number of rotatable bonds is 5. The number of aliphatic carboxylic acids is 1. The molecule has 0 rings (SSSR count). The first kappa shape index (κ1) is 12.6. The maximum Gasteiger partial charge on any atom is 0.403 e. The molecule has 3 N–H and O–H groups in total. The summed E-state index contributed by atoms with van der Waals surface area (Å²) in [6.07, 6.45) is -4.67. The Morgan fingerprint density at radius 1 is 1.54 bits per heavy atom. The van der Waals surface area contributed by atoms with Gasteiger partial charge in [-0.1, -0.05) is 0 Å². The van der Waals surface area contributed by atoms with Gasteiger partial charge in [-0.3, -0.25) is 4.79 Å². The van der Waals surface area contributed by atoms with Gasteiger partial charge in [0.2, 0.25) is 0 Å². The Bertz CT molecular complexity index is 174. The molecule has 0 aliphatic carbocycles. The third kappa shape index (κ3) is 4.99. The molecular weight excluding hydrogens is 207 g/mol. The van der Waals surface area contributed by atoms with Crippen molar-refractivity contribution < 1.29 is 23.1 Å². The van der Waals surface area contributed by atoms with E-state index in [9.17, 15) is 18.0 Å². The molecule has 0 bridgehead atoms. The number of thioether (sulfide) groups is 1. The molecule has 0 heterocycles. The number of hydrogen-bond acceptors (Lipinski definition) is 3. The predicted molar refractivity (Wildman–Crippen MR) is 43.6 cm³/mol. The summed E-state index contributed by atoms with van der Waals surface area (Å²) in [6, 6.07) is 0. The third-order valence-corrected chi connectivity index (χ3v) is 2.33.